The molecule has 0 aromatic carbocycles. The highest BCUT2D eigenvalue weighted by Gasteiger charge is 2.27. The van der Waals surface area contributed by atoms with Gasteiger partial charge in [-0.3, -0.25) is 4.90 Å². The lowest BCUT2D eigenvalue weighted by atomic mass is 10.2. The zero-order chi connectivity index (χ0) is 9.26. The maximum absolute atomic E-state index is 9.34. The Bertz CT molecular complexity index is 156. The average molecular weight is 185 g/mol. The second-order valence-electron chi connectivity index (χ2n) is 4.35. The summed E-state index contributed by atoms with van der Waals surface area (Å²) in [5.74, 6) is 0. The van der Waals surface area contributed by atoms with Gasteiger partial charge in [-0.15, -0.1) is 0 Å². The summed E-state index contributed by atoms with van der Waals surface area (Å²) in [6.45, 7) is 5.03. The second-order valence-corrected chi connectivity index (χ2v) is 4.35. The molecule has 2 aliphatic rings. The number of aliphatic hydroxyl groups excluding tert-OH is 1. The van der Waals surface area contributed by atoms with Crippen molar-refractivity contribution in [2.75, 3.05) is 19.6 Å². The van der Waals surface area contributed by atoms with Crippen molar-refractivity contribution in [3.63, 3.8) is 0 Å². The SMILES string of the molecule is CC1CCC(CN2CC[C@H](O)C2)O1. The maximum atomic E-state index is 9.34. The summed E-state index contributed by atoms with van der Waals surface area (Å²) in [7, 11) is 0. The highest BCUT2D eigenvalue weighted by molar-refractivity contribution is 4.80. The van der Waals surface area contributed by atoms with Gasteiger partial charge in [-0.05, 0) is 26.2 Å². The minimum absolute atomic E-state index is 0.0983. The van der Waals surface area contributed by atoms with Crippen LogP contribution < -0.4 is 0 Å². The molecular weight excluding hydrogens is 166 g/mol. The van der Waals surface area contributed by atoms with Crippen molar-refractivity contribution in [3.05, 3.63) is 0 Å². The van der Waals surface area contributed by atoms with E-state index in [1.54, 1.807) is 0 Å². The molecule has 2 fully saturated rings. The molecule has 0 amide bonds. The van der Waals surface area contributed by atoms with E-state index in [0.29, 0.717) is 12.2 Å². The number of β-amino-alcohol motifs (C(OH)–C–C–N with tert-alkyl or cyclic N) is 1. The Hall–Kier alpha value is -0.120. The number of rotatable bonds is 2. The lowest BCUT2D eigenvalue weighted by molar-refractivity contribution is 0.0337. The lowest BCUT2D eigenvalue weighted by Gasteiger charge is -2.19. The highest BCUT2D eigenvalue weighted by atomic mass is 16.5. The molecule has 3 atom stereocenters. The number of aliphatic hydroxyl groups is 1. The van der Waals surface area contributed by atoms with Crippen LogP contribution in [0.2, 0.25) is 0 Å². The zero-order valence-corrected chi connectivity index (χ0v) is 8.28. The number of ether oxygens (including phenoxy) is 1. The third-order valence-electron chi connectivity index (χ3n) is 3.03. The summed E-state index contributed by atoms with van der Waals surface area (Å²) in [5, 5.41) is 9.34. The fourth-order valence-electron chi connectivity index (χ4n) is 2.29. The first kappa shape index (κ1) is 9.44. The van der Waals surface area contributed by atoms with E-state index in [2.05, 4.69) is 11.8 Å². The molecule has 2 saturated heterocycles. The Morgan fingerprint density at radius 1 is 1.38 bits per heavy atom. The van der Waals surface area contributed by atoms with Crippen LogP contribution in [0.15, 0.2) is 0 Å². The van der Waals surface area contributed by atoms with E-state index in [9.17, 15) is 5.11 Å². The summed E-state index contributed by atoms with van der Waals surface area (Å²) >= 11 is 0. The zero-order valence-electron chi connectivity index (χ0n) is 8.28. The fourth-order valence-corrected chi connectivity index (χ4v) is 2.29. The third-order valence-corrected chi connectivity index (χ3v) is 3.03. The van der Waals surface area contributed by atoms with Gasteiger partial charge in [0.05, 0.1) is 18.3 Å². The van der Waals surface area contributed by atoms with Crippen LogP contribution >= 0.6 is 0 Å². The normalized spacial score (nSPS) is 41.5. The minimum atomic E-state index is -0.0983. The van der Waals surface area contributed by atoms with E-state index in [1.807, 2.05) is 0 Å². The molecule has 76 valence electrons. The molecule has 0 bridgehead atoms. The van der Waals surface area contributed by atoms with Gasteiger partial charge in [-0.2, -0.15) is 0 Å². The fraction of sp³-hybridized carbons (Fsp3) is 1.00. The summed E-state index contributed by atoms with van der Waals surface area (Å²) in [5.41, 5.74) is 0. The van der Waals surface area contributed by atoms with Gasteiger partial charge < -0.3 is 9.84 Å². The molecule has 13 heavy (non-hydrogen) atoms. The Morgan fingerprint density at radius 2 is 2.23 bits per heavy atom. The van der Waals surface area contributed by atoms with Gasteiger partial charge in [0.15, 0.2) is 0 Å². The van der Waals surface area contributed by atoms with Gasteiger partial charge in [-0.1, -0.05) is 0 Å². The van der Waals surface area contributed by atoms with Crippen molar-refractivity contribution in [2.24, 2.45) is 0 Å². The monoisotopic (exact) mass is 185 g/mol. The standard InChI is InChI=1S/C10H19NO2/c1-8-2-3-10(13-8)7-11-5-4-9(12)6-11/h8-10,12H,2-7H2,1H3/t8?,9-,10?/m0/s1. The van der Waals surface area contributed by atoms with Crippen molar-refractivity contribution in [1.82, 2.24) is 4.90 Å². The van der Waals surface area contributed by atoms with Crippen LogP contribution in [0.3, 0.4) is 0 Å². The molecule has 2 unspecified atom stereocenters. The molecule has 2 rings (SSSR count). The molecule has 1 N–H and O–H groups in total. The minimum Gasteiger partial charge on any atom is -0.392 e. The second kappa shape index (κ2) is 3.95. The Morgan fingerprint density at radius 3 is 2.77 bits per heavy atom. The Labute approximate surface area is 79.7 Å². The molecular formula is C10H19NO2. The number of nitrogens with zero attached hydrogens (tertiary/aromatic N) is 1. The molecule has 0 saturated carbocycles. The van der Waals surface area contributed by atoms with Crippen LogP contribution in [0.25, 0.3) is 0 Å². The summed E-state index contributed by atoms with van der Waals surface area (Å²) in [6, 6.07) is 0. The van der Waals surface area contributed by atoms with E-state index in [0.717, 1.165) is 26.1 Å². The van der Waals surface area contributed by atoms with Crippen LogP contribution in [0.1, 0.15) is 26.2 Å². The smallest absolute Gasteiger partial charge is 0.0706 e. The molecule has 2 aliphatic heterocycles. The van der Waals surface area contributed by atoms with Gasteiger partial charge in [0.2, 0.25) is 0 Å². The van der Waals surface area contributed by atoms with Crippen molar-refractivity contribution < 1.29 is 9.84 Å². The van der Waals surface area contributed by atoms with Gasteiger partial charge >= 0.3 is 0 Å². The largest absolute Gasteiger partial charge is 0.392 e. The lowest BCUT2D eigenvalue weighted by Crippen LogP contribution is -2.31. The molecule has 0 aromatic rings. The molecule has 0 aromatic heterocycles. The van der Waals surface area contributed by atoms with Gasteiger partial charge in [0, 0.05) is 19.6 Å². The van der Waals surface area contributed by atoms with E-state index >= 15 is 0 Å². The van der Waals surface area contributed by atoms with Crippen molar-refractivity contribution in [1.29, 1.82) is 0 Å². The van der Waals surface area contributed by atoms with Gasteiger partial charge in [0.25, 0.3) is 0 Å². The summed E-state index contributed by atoms with van der Waals surface area (Å²) in [4.78, 5) is 2.31. The average Bonchev–Trinajstić information content (AvgIpc) is 2.62. The van der Waals surface area contributed by atoms with Crippen LogP contribution in [0.5, 0.6) is 0 Å². The number of hydrogen-bond donors (Lipinski definition) is 1. The van der Waals surface area contributed by atoms with E-state index < -0.39 is 0 Å². The van der Waals surface area contributed by atoms with E-state index in [-0.39, 0.29) is 6.10 Å². The van der Waals surface area contributed by atoms with Crippen molar-refractivity contribution in [2.45, 2.75) is 44.5 Å². The topological polar surface area (TPSA) is 32.7 Å². The van der Waals surface area contributed by atoms with Gasteiger partial charge in [-0.25, -0.2) is 0 Å². The predicted octanol–water partition coefficient (Wildman–Crippen LogP) is 0.620. The number of likely N-dealkylation sites (tertiary alicyclic amines) is 1. The van der Waals surface area contributed by atoms with Crippen molar-refractivity contribution in [3.8, 4) is 0 Å². The molecule has 3 heteroatoms. The van der Waals surface area contributed by atoms with Crippen molar-refractivity contribution >= 4 is 0 Å². The first-order chi connectivity index (χ1) is 6.24. The van der Waals surface area contributed by atoms with Crippen LogP contribution in [-0.2, 0) is 4.74 Å². The Kier molecular flexibility index (Phi) is 2.86. The first-order valence-corrected chi connectivity index (χ1v) is 5.30. The maximum Gasteiger partial charge on any atom is 0.0706 e. The molecule has 3 nitrogen and oxygen atoms in total. The van der Waals surface area contributed by atoms with Crippen LogP contribution in [0, 0.1) is 0 Å². The quantitative estimate of drug-likeness (QED) is 0.684. The van der Waals surface area contributed by atoms with Gasteiger partial charge in [0.1, 0.15) is 0 Å². The molecule has 2 heterocycles. The molecule has 0 radical (unpaired) electrons. The highest BCUT2D eigenvalue weighted by Crippen LogP contribution is 2.21. The molecule has 0 spiro atoms. The Balaban J connectivity index is 1.72. The molecule has 0 aliphatic carbocycles. The number of hydrogen-bond acceptors (Lipinski definition) is 3. The predicted molar refractivity (Wildman–Crippen MR) is 50.6 cm³/mol. The third kappa shape index (κ3) is 2.42. The van der Waals surface area contributed by atoms with Crippen LogP contribution in [-0.4, -0.2) is 48.0 Å². The van der Waals surface area contributed by atoms with Crippen LogP contribution in [0.4, 0.5) is 0 Å². The summed E-state index contributed by atoms with van der Waals surface area (Å²) < 4.78 is 5.74. The first-order valence-electron chi connectivity index (χ1n) is 5.30. The summed E-state index contributed by atoms with van der Waals surface area (Å²) in [6.07, 6.45) is 4.08. The van der Waals surface area contributed by atoms with E-state index in [4.69, 9.17) is 4.74 Å². The van der Waals surface area contributed by atoms with E-state index in [1.165, 1.54) is 12.8 Å².